The predicted molar refractivity (Wildman–Crippen MR) is 215 cm³/mol. The lowest BCUT2D eigenvalue weighted by atomic mass is 9.41. The molecular weight excluding hydrogens is 615 g/mol. The Morgan fingerprint density at radius 3 is 1.47 bits per heavy atom. The maximum absolute atomic E-state index is 2.61. The second-order valence-electron chi connectivity index (χ2n) is 13.7. The van der Waals surface area contributed by atoms with Crippen molar-refractivity contribution in [3.05, 3.63) is 188 Å². The number of rotatable bonds is 4. The number of hydrogen-bond acceptors (Lipinski definition) is 2. The summed E-state index contributed by atoms with van der Waals surface area (Å²) in [6.07, 6.45) is 0. The van der Waals surface area contributed by atoms with Crippen molar-refractivity contribution >= 4 is 46.2 Å². The number of nitrogens with zero attached hydrogens (tertiary/aromatic N) is 2. The quantitative estimate of drug-likeness (QED) is 0.176. The van der Waals surface area contributed by atoms with Crippen LogP contribution in [0.2, 0.25) is 0 Å². The maximum Gasteiger partial charge on any atom is 0.333 e. The monoisotopic (exact) mass is 646 g/mol. The Morgan fingerprint density at radius 1 is 0.294 bits per heavy atom. The van der Waals surface area contributed by atoms with Crippen molar-refractivity contribution in [1.29, 1.82) is 0 Å². The molecule has 0 spiro atoms. The van der Waals surface area contributed by atoms with Gasteiger partial charge in [-0.1, -0.05) is 140 Å². The van der Waals surface area contributed by atoms with Crippen molar-refractivity contribution in [3.8, 4) is 55.6 Å². The third-order valence-electron chi connectivity index (χ3n) is 11.0. The van der Waals surface area contributed by atoms with Crippen LogP contribution in [0.4, 0.5) is 28.4 Å². The van der Waals surface area contributed by atoms with Gasteiger partial charge in [-0.3, -0.25) is 0 Å². The van der Waals surface area contributed by atoms with E-state index in [1.165, 1.54) is 89.3 Å². The van der Waals surface area contributed by atoms with Crippen molar-refractivity contribution in [2.75, 3.05) is 9.71 Å². The molecule has 0 fully saturated rings. The minimum atomic E-state index is 0.0642. The van der Waals surface area contributed by atoms with Crippen LogP contribution >= 0.6 is 0 Å². The van der Waals surface area contributed by atoms with Gasteiger partial charge in [0.2, 0.25) is 0 Å². The lowest BCUT2D eigenvalue weighted by Crippen LogP contribution is -2.63. The van der Waals surface area contributed by atoms with Crippen molar-refractivity contribution in [3.63, 3.8) is 0 Å². The van der Waals surface area contributed by atoms with Crippen LogP contribution in [0, 0.1) is 0 Å². The highest BCUT2D eigenvalue weighted by atomic mass is 15.2. The van der Waals surface area contributed by atoms with E-state index in [4.69, 9.17) is 0 Å². The summed E-state index contributed by atoms with van der Waals surface area (Å²) < 4.78 is 0. The Kier molecular flexibility index (Phi) is 6.08. The van der Waals surface area contributed by atoms with Gasteiger partial charge in [-0.2, -0.15) is 0 Å². The first-order valence-corrected chi connectivity index (χ1v) is 17.7. The first-order valence-electron chi connectivity index (χ1n) is 17.7. The van der Waals surface area contributed by atoms with E-state index in [0.29, 0.717) is 0 Å². The molecule has 0 saturated heterocycles. The maximum atomic E-state index is 2.61. The largest absolute Gasteiger partial charge is 0.376 e. The Hall–Kier alpha value is -6.58. The molecule has 0 aliphatic carbocycles. The van der Waals surface area contributed by atoms with E-state index in [9.17, 15) is 0 Å². The highest BCUT2D eigenvalue weighted by molar-refractivity contribution is 6.95. The summed E-state index contributed by atoms with van der Waals surface area (Å²) in [5, 5.41) is 0. The summed E-state index contributed by atoms with van der Waals surface area (Å²) in [5.41, 5.74) is 21.4. The van der Waals surface area contributed by atoms with Gasteiger partial charge >= 0.3 is 6.85 Å². The first-order chi connectivity index (χ1) is 25.3. The van der Waals surface area contributed by atoms with E-state index in [1.807, 2.05) is 0 Å². The molecule has 0 unspecified atom stereocenters. The minimum Gasteiger partial charge on any atom is -0.376 e. The molecule has 0 radical (unpaired) electrons. The van der Waals surface area contributed by atoms with Crippen LogP contribution in [-0.4, -0.2) is 6.85 Å². The molecular formula is C48H31BN2. The molecule has 0 N–H and O–H groups in total. The van der Waals surface area contributed by atoms with Gasteiger partial charge in [-0.15, -0.1) is 0 Å². The predicted octanol–water partition coefficient (Wildman–Crippen LogP) is 11.4. The zero-order valence-electron chi connectivity index (χ0n) is 27.9. The molecule has 8 aromatic rings. The van der Waals surface area contributed by atoms with E-state index in [1.54, 1.807) is 0 Å². The average Bonchev–Trinajstić information content (AvgIpc) is 3.21. The van der Waals surface area contributed by atoms with E-state index in [-0.39, 0.29) is 6.85 Å². The number of benzene rings is 8. The van der Waals surface area contributed by atoms with Gasteiger partial charge in [0.1, 0.15) is 0 Å². The van der Waals surface area contributed by atoms with Gasteiger partial charge < -0.3 is 9.71 Å². The normalized spacial score (nSPS) is 13.0. The van der Waals surface area contributed by atoms with Gasteiger partial charge in [-0.05, 0) is 104 Å². The fourth-order valence-electron chi connectivity index (χ4n) is 8.78. The summed E-state index contributed by atoms with van der Waals surface area (Å²) in [6, 6.07) is 69.1. The molecule has 8 aromatic carbocycles. The Morgan fingerprint density at radius 2 is 0.765 bits per heavy atom. The second-order valence-corrected chi connectivity index (χ2v) is 13.7. The molecule has 11 rings (SSSR count). The molecule has 0 saturated carbocycles. The molecule has 0 aromatic heterocycles. The second kappa shape index (κ2) is 11.0. The van der Waals surface area contributed by atoms with Crippen LogP contribution in [-0.2, 0) is 0 Å². The van der Waals surface area contributed by atoms with Gasteiger partial charge in [0.05, 0.1) is 0 Å². The molecule has 3 heteroatoms. The van der Waals surface area contributed by atoms with E-state index in [0.717, 1.165) is 5.69 Å². The van der Waals surface area contributed by atoms with E-state index in [2.05, 4.69) is 198 Å². The Balaban J connectivity index is 1.15. The van der Waals surface area contributed by atoms with E-state index >= 15 is 0 Å². The smallest absolute Gasteiger partial charge is 0.333 e. The Labute approximate surface area is 298 Å². The zero-order valence-corrected chi connectivity index (χ0v) is 27.9. The number of anilines is 5. The van der Waals surface area contributed by atoms with Crippen LogP contribution < -0.4 is 20.6 Å². The molecule has 3 aliphatic rings. The third kappa shape index (κ3) is 4.19. The van der Waals surface area contributed by atoms with Crippen LogP contribution in [0.25, 0.3) is 55.6 Å². The molecule has 2 nitrogen and oxygen atoms in total. The molecule has 236 valence electrons. The third-order valence-corrected chi connectivity index (χ3v) is 11.0. The molecule has 0 amide bonds. The van der Waals surface area contributed by atoms with Crippen LogP contribution in [0.5, 0.6) is 0 Å². The lowest BCUT2D eigenvalue weighted by molar-refractivity contribution is 1.26. The first kappa shape index (κ1) is 28.3. The summed E-state index contributed by atoms with van der Waals surface area (Å²) in [4.78, 5) is 5.12. The van der Waals surface area contributed by atoms with Crippen LogP contribution in [0.15, 0.2) is 188 Å². The zero-order chi connectivity index (χ0) is 33.5. The van der Waals surface area contributed by atoms with Crippen LogP contribution in [0.3, 0.4) is 0 Å². The highest BCUT2D eigenvalue weighted by Gasteiger charge is 2.48. The molecule has 3 aliphatic heterocycles. The summed E-state index contributed by atoms with van der Waals surface area (Å²) in [6.45, 7) is 0.0642. The Bertz CT molecular complexity index is 2660. The van der Waals surface area contributed by atoms with Crippen molar-refractivity contribution in [2.24, 2.45) is 0 Å². The fourth-order valence-corrected chi connectivity index (χ4v) is 8.78. The SMILES string of the molecule is c1ccc(-c2cccc(-c3cccc(N4c5cccc6c5B5c7c(cccc74)-c4cc(-c7ccccc7)ccc4N5c4ccccc4-6)c3)c2)cc1. The topological polar surface area (TPSA) is 6.48 Å². The summed E-state index contributed by atoms with van der Waals surface area (Å²) in [5.74, 6) is 0. The highest BCUT2D eigenvalue weighted by Crippen LogP contribution is 2.52. The molecule has 51 heavy (non-hydrogen) atoms. The summed E-state index contributed by atoms with van der Waals surface area (Å²) >= 11 is 0. The molecule has 0 bridgehead atoms. The lowest BCUT2D eigenvalue weighted by Gasteiger charge is -2.49. The molecule has 0 atom stereocenters. The minimum absolute atomic E-state index is 0.0642. The van der Waals surface area contributed by atoms with E-state index < -0.39 is 0 Å². The fraction of sp³-hybridized carbons (Fsp3) is 0. The number of para-hydroxylation sites is 1. The number of fused-ring (bicyclic) bond motifs is 6. The van der Waals surface area contributed by atoms with Crippen molar-refractivity contribution in [2.45, 2.75) is 0 Å². The van der Waals surface area contributed by atoms with Gasteiger partial charge in [-0.25, -0.2) is 0 Å². The van der Waals surface area contributed by atoms with Crippen molar-refractivity contribution in [1.82, 2.24) is 0 Å². The molecule has 3 heterocycles. The summed E-state index contributed by atoms with van der Waals surface area (Å²) in [7, 11) is 0. The average molecular weight is 647 g/mol. The van der Waals surface area contributed by atoms with Gasteiger partial charge in [0.15, 0.2) is 0 Å². The van der Waals surface area contributed by atoms with Gasteiger partial charge in [0, 0.05) is 39.6 Å². The standard InChI is InChI=1S/C48H31BN2/c1-3-13-32(14-4-1)34-17-9-18-35(29-34)36-19-10-20-38(30-36)50-45-25-11-22-40-39-21-7-8-24-43(39)51-44-28-27-37(33-15-5-2-6-16-33)31-42(44)41-23-12-26-46(50)48(41)49(51)47(40)45/h1-31H. The van der Waals surface area contributed by atoms with Crippen molar-refractivity contribution < 1.29 is 0 Å². The van der Waals surface area contributed by atoms with Gasteiger partial charge in [0.25, 0.3) is 0 Å². The number of hydrogen-bond donors (Lipinski definition) is 0. The van der Waals surface area contributed by atoms with Crippen LogP contribution in [0.1, 0.15) is 0 Å².